The fraction of sp³-hybridized carbons (Fsp3) is 0.500. The summed E-state index contributed by atoms with van der Waals surface area (Å²) in [6.45, 7) is 1.52. The summed E-state index contributed by atoms with van der Waals surface area (Å²) in [6.07, 6.45) is 0.939. The monoisotopic (exact) mass is 459 g/mol. The summed E-state index contributed by atoms with van der Waals surface area (Å²) in [4.78, 5) is 3.91. The SMILES string of the molecule is COc1c(N2C[C@H]([C@H](N)COc3ccccc3)[C@H](F)C2)c(F)cc2c1N(C1CC1)CN(N)C2. The molecule has 178 valence electrons. The van der Waals surface area contributed by atoms with E-state index in [4.69, 9.17) is 21.1 Å². The molecule has 0 spiro atoms. The third-order valence-corrected chi connectivity index (χ3v) is 6.79. The number of rotatable bonds is 7. The van der Waals surface area contributed by atoms with Crippen LogP contribution in [0.15, 0.2) is 36.4 Å². The number of methoxy groups -OCH3 is 1. The van der Waals surface area contributed by atoms with Gasteiger partial charge < -0.3 is 25.0 Å². The third-order valence-electron chi connectivity index (χ3n) is 6.79. The number of halogens is 2. The zero-order valence-corrected chi connectivity index (χ0v) is 18.8. The Morgan fingerprint density at radius 3 is 2.61 bits per heavy atom. The molecule has 3 aliphatic rings. The van der Waals surface area contributed by atoms with Gasteiger partial charge in [-0.25, -0.2) is 13.8 Å². The quantitative estimate of drug-likeness (QED) is 0.616. The molecule has 0 bridgehead atoms. The van der Waals surface area contributed by atoms with Gasteiger partial charge in [0.25, 0.3) is 0 Å². The fourth-order valence-corrected chi connectivity index (χ4v) is 5.01. The molecule has 2 aliphatic heterocycles. The molecule has 2 fully saturated rings. The van der Waals surface area contributed by atoms with Crippen molar-refractivity contribution in [2.24, 2.45) is 17.5 Å². The molecular weight excluding hydrogens is 428 g/mol. The Hall–Kier alpha value is -2.62. The van der Waals surface area contributed by atoms with Crippen molar-refractivity contribution in [3.8, 4) is 11.5 Å². The Balaban J connectivity index is 1.38. The van der Waals surface area contributed by atoms with Crippen molar-refractivity contribution in [2.45, 2.75) is 37.6 Å². The van der Waals surface area contributed by atoms with Crippen LogP contribution in [0.4, 0.5) is 20.2 Å². The molecule has 1 aliphatic carbocycles. The van der Waals surface area contributed by atoms with Crippen LogP contribution in [-0.4, -0.2) is 56.7 Å². The molecular formula is C24H31F2N5O2. The van der Waals surface area contributed by atoms with Crippen LogP contribution >= 0.6 is 0 Å². The van der Waals surface area contributed by atoms with Crippen LogP contribution in [0.1, 0.15) is 18.4 Å². The summed E-state index contributed by atoms with van der Waals surface area (Å²) < 4.78 is 42.0. The zero-order valence-electron chi connectivity index (χ0n) is 18.8. The van der Waals surface area contributed by atoms with Crippen LogP contribution in [0.5, 0.6) is 11.5 Å². The fourth-order valence-electron chi connectivity index (χ4n) is 5.01. The molecule has 33 heavy (non-hydrogen) atoms. The first kappa shape index (κ1) is 22.2. The van der Waals surface area contributed by atoms with Gasteiger partial charge in [0.1, 0.15) is 24.2 Å². The lowest BCUT2D eigenvalue weighted by molar-refractivity contribution is 0.196. The zero-order chi connectivity index (χ0) is 23.1. The van der Waals surface area contributed by atoms with Crippen molar-refractivity contribution in [1.29, 1.82) is 0 Å². The van der Waals surface area contributed by atoms with Crippen molar-refractivity contribution in [3.05, 3.63) is 47.8 Å². The Bertz CT molecular complexity index is 991. The number of hydrazine groups is 1. The highest BCUT2D eigenvalue weighted by Crippen LogP contribution is 2.49. The standard InChI is InChI=1S/C24H31F2N5O2/c1-32-24-22-15(10-30(28)14-31(22)16-7-8-16)9-19(25)23(24)29-11-18(20(26)12-29)21(27)13-33-17-5-3-2-4-6-17/h2-6,9,16,18,20-21H,7-8,10-14,27-28H2,1H3/t18-,20+,21+/m0/s1. The molecule has 5 rings (SSSR count). The molecule has 7 nitrogen and oxygen atoms in total. The second kappa shape index (κ2) is 8.96. The van der Waals surface area contributed by atoms with E-state index in [0.717, 1.165) is 24.1 Å². The predicted molar refractivity (Wildman–Crippen MR) is 124 cm³/mol. The van der Waals surface area contributed by atoms with E-state index < -0.39 is 23.9 Å². The van der Waals surface area contributed by atoms with Crippen molar-refractivity contribution in [2.75, 3.05) is 43.3 Å². The number of anilines is 2. The molecule has 1 saturated carbocycles. The van der Waals surface area contributed by atoms with E-state index in [1.54, 1.807) is 17.0 Å². The summed E-state index contributed by atoms with van der Waals surface area (Å²) >= 11 is 0. The topological polar surface area (TPSA) is 80.2 Å². The maximum atomic E-state index is 15.4. The van der Waals surface area contributed by atoms with E-state index in [2.05, 4.69) is 4.90 Å². The number of hydrogen-bond acceptors (Lipinski definition) is 7. The number of para-hydroxylation sites is 1. The van der Waals surface area contributed by atoms with Crippen LogP contribution in [0.25, 0.3) is 0 Å². The first-order valence-electron chi connectivity index (χ1n) is 11.4. The number of benzene rings is 2. The normalized spacial score (nSPS) is 24.0. The number of hydrogen-bond donors (Lipinski definition) is 2. The van der Waals surface area contributed by atoms with Crippen molar-refractivity contribution < 1.29 is 18.3 Å². The second-order valence-electron chi connectivity index (χ2n) is 9.21. The van der Waals surface area contributed by atoms with Crippen molar-refractivity contribution in [1.82, 2.24) is 5.01 Å². The van der Waals surface area contributed by atoms with Gasteiger partial charge in [-0.2, -0.15) is 0 Å². The van der Waals surface area contributed by atoms with Gasteiger partial charge in [-0.1, -0.05) is 18.2 Å². The van der Waals surface area contributed by atoms with Crippen molar-refractivity contribution >= 4 is 11.4 Å². The largest absolute Gasteiger partial charge is 0.492 e. The summed E-state index contributed by atoms with van der Waals surface area (Å²) in [5.74, 6) is 6.32. The number of nitrogens with zero attached hydrogens (tertiary/aromatic N) is 3. The summed E-state index contributed by atoms with van der Waals surface area (Å²) in [5.41, 5.74) is 8.27. The number of fused-ring (bicyclic) bond motifs is 1. The maximum Gasteiger partial charge on any atom is 0.168 e. The summed E-state index contributed by atoms with van der Waals surface area (Å²) in [6, 6.07) is 10.7. The van der Waals surface area contributed by atoms with Crippen LogP contribution in [0.3, 0.4) is 0 Å². The van der Waals surface area contributed by atoms with Gasteiger partial charge in [0.05, 0.1) is 19.5 Å². The highest BCUT2D eigenvalue weighted by atomic mass is 19.1. The molecule has 2 heterocycles. The Morgan fingerprint density at radius 2 is 1.91 bits per heavy atom. The molecule has 0 amide bonds. The average molecular weight is 460 g/mol. The van der Waals surface area contributed by atoms with Crippen molar-refractivity contribution in [3.63, 3.8) is 0 Å². The third kappa shape index (κ3) is 4.32. The Labute approximate surface area is 192 Å². The van der Waals surface area contributed by atoms with Gasteiger partial charge in [0.2, 0.25) is 0 Å². The maximum absolute atomic E-state index is 15.4. The van der Waals surface area contributed by atoms with E-state index in [1.807, 2.05) is 30.3 Å². The van der Waals surface area contributed by atoms with Crippen LogP contribution < -0.4 is 30.8 Å². The summed E-state index contributed by atoms with van der Waals surface area (Å²) in [7, 11) is 1.54. The molecule has 1 saturated heterocycles. The molecule has 4 N–H and O–H groups in total. The minimum atomic E-state index is -1.20. The second-order valence-corrected chi connectivity index (χ2v) is 9.21. The van der Waals surface area contributed by atoms with Gasteiger partial charge in [0, 0.05) is 37.6 Å². The lowest BCUT2D eigenvalue weighted by atomic mass is 9.99. The van der Waals surface area contributed by atoms with Gasteiger partial charge in [-0.15, -0.1) is 0 Å². The first-order valence-corrected chi connectivity index (χ1v) is 11.4. The first-order chi connectivity index (χ1) is 16.0. The predicted octanol–water partition coefficient (Wildman–Crippen LogP) is 2.63. The smallest absolute Gasteiger partial charge is 0.168 e. The van der Waals surface area contributed by atoms with Crippen LogP contribution in [0.2, 0.25) is 0 Å². The average Bonchev–Trinajstić information content (AvgIpc) is 3.58. The highest BCUT2D eigenvalue weighted by Gasteiger charge is 2.42. The van der Waals surface area contributed by atoms with E-state index in [9.17, 15) is 0 Å². The van der Waals surface area contributed by atoms with Gasteiger partial charge in [-0.3, -0.25) is 5.84 Å². The lowest BCUT2D eigenvalue weighted by Crippen LogP contribution is -2.47. The lowest BCUT2D eigenvalue weighted by Gasteiger charge is -2.38. The van der Waals surface area contributed by atoms with E-state index >= 15 is 8.78 Å². The van der Waals surface area contributed by atoms with Gasteiger partial charge in [-0.05, 0) is 36.6 Å². The number of nitrogens with two attached hydrogens (primary N) is 2. The van der Waals surface area contributed by atoms with E-state index in [0.29, 0.717) is 43.0 Å². The van der Waals surface area contributed by atoms with E-state index in [1.165, 1.54) is 6.07 Å². The summed E-state index contributed by atoms with van der Waals surface area (Å²) in [5, 5.41) is 1.68. The number of ether oxygens (including phenoxy) is 2. The Kier molecular flexibility index (Phi) is 6.03. The highest BCUT2D eigenvalue weighted by molar-refractivity contribution is 5.78. The minimum Gasteiger partial charge on any atom is -0.492 e. The molecule has 9 heteroatoms. The molecule has 3 atom stereocenters. The van der Waals surface area contributed by atoms with E-state index in [-0.39, 0.29) is 13.2 Å². The van der Waals surface area contributed by atoms with Crippen LogP contribution in [-0.2, 0) is 6.54 Å². The molecule has 0 aromatic heterocycles. The molecule has 2 aromatic rings. The molecule has 0 unspecified atom stereocenters. The van der Waals surface area contributed by atoms with Gasteiger partial charge >= 0.3 is 0 Å². The van der Waals surface area contributed by atoms with Crippen LogP contribution in [0, 0.1) is 11.7 Å². The Morgan fingerprint density at radius 1 is 1.15 bits per heavy atom. The molecule has 2 aromatic carbocycles. The molecule has 0 radical (unpaired) electrons. The number of alkyl halides is 1. The van der Waals surface area contributed by atoms with Gasteiger partial charge in [0.15, 0.2) is 11.6 Å². The minimum absolute atomic E-state index is 0.0578.